The minimum atomic E-state index is 0.280. The first kappa shape index (κ1) is 14.5. The highest BCUT2D eigenvalue weighted by molar-refractivity contribution is 8.82. The normalized spacial score (nSPS) is 30.7. The Kier molecular flexibility index (Phi) is 5.24. The lowest BCUT2D eigenvalue weighted by molar-refractivity contribution is 0.239. The van der Waals surface area contributed by atoms with E-state index in [0.29, 0.717) is 6.04 Å². The summed E-state index contributed by atoms with van der Waals surface area (Å²) in [6.45, 7) is 7.86. The monoisotopic (exact) mass is 288 g/mol. The summed E-state index contributed by atoms with van der Waals surface area (Å²) >= 11 is 0. The van der Waals surface area contributed by atoms with Crippen molar-refractivity contribution in [2.75, 3.05) is 33.7 Å². The smallest absolute Gasteiger partial charge is 0.172 e. The number of rotatable bonds is 3. The SMILES string of the molecule is CCC(C)C1CN(C2=NC(N(C)C)SS2)CCN1. The van der Waals surface area contributed by atoms with E-state index in [9.17, 15) is 0 Å². The molecule has 3 unspecified atom stereocenters. The molecule has 1 fully saturated rings. The summed E-state index contributed by atoms with van der Waals surface area (Å²) in [5.41, 5.74) is 0.280. The second kappa shape index (κ2) is 6.50. The Labute approximate surface area is 118 Å². The molecule has 4 nitrogen and oxygen atoms in total. The Hall–Kier alpha value is 0.0900. The van der Waals surface area contributed by atoms with Crippen LogP contribution in [0.25, 0.3) is 0 Å². The lowest BCUT2D eigenvalue weighted by Crippen LogP contribution is -2.54. The number of hydrogen-bond donors (Lipinski definition) is 1. The van der Waals surface area contributed by atoms with Gasteiger partial charge in [-0.3, -0.25) is 4.90 Å². The average molecular weight is 288 g/mol. The zero-order valence-corrected chi connectivity index (χ0v) is 13.4. The van der Waals surface area contributed by atoms with Gasteiger partial charge in [-0.05, 0) is 41.6 Å². The Morgan fingerprint density at radius 3 is 2.94 bits per heavy atom. The van der Waals surface area contributed by atoms with Crippen molar-refractivity contribution in [3.63, 3.8) is 0 Å². The number of hydrogen-bond acceptors (Lipinski definition) is 6. The number of nitrogens with zero attached hydrogens (tertiary/aromatic N) is 3. The van der Waals surface area contributed by atoms with E-state index in [0.717, 1.165) is 25.6 Å². The van der Waals surface area contributed by atoms with Crippen molar-refractivity contribution in [1.82, 2.24) is 15.1 Å². The third-order valence-corrected chi connectivity index (χ3v) is 6.24. The van der Waals surface area contributed by atoms with Crippen LogP contribution in [0.4, 0.5) is 0 Å². The number of piperazine rings is 1. The number of amidine groups is 1. The van der Waals surface area contributed by atoms with Gasteiger partial charge >= 0.3 is 0 Å². The van der Waals surface area contributed by atoms with Gasteiger partial charge in [0.15, 0.2) is 10.7 Å². The molecule has 6 heteroatoms. The molecule has 0 aromatic heterocycles. The van der Waals surface area contributed by atoms with E-state index in [1.807, 2.05) is 21.6 Å². The lowest BCUT2D eigenvalue weighted by Gasteiger charge is -2.37. The number of aliphatic imine (C=N–C) groups is 1. The van der Waals surface area contributed by atoms with Crippen molar-refractivity contribution in [3.8, 4) is 0 Å². The van der Waals surface area contributed by atoms with Gasteiger partial charge in [-0.25, -0.2) is 4.99 Å². The third-order valence-electron chi connectivity index (χ3n) is 3.68. The quantitative estimate of drug-likeness (QED) is 0.802. The van der Waals surface area contributed by atoms with Crippen LogP contribution in [-0.4, -0.2) is 60.2 Å². The molecular weight excluding hydrogens is 264 g/mol. The maximum absolute atomic E-state index is 4.80. The van der Waals surface area contributed by atoms with Gasteiger partial charge < -0.3 is 10.2 Å². The molecule has 0 spiro atoms. The average Bonchev–Trinajstić information content (AvgIpc) is 2.88. The fourth-order valence-electron chi connectivity index (χ4n) is 2.18. The first-order chi connectivity index (χ1) is 8.61. The predicted octanol–water partition coefficient (Wildman–Crippen LogP) is 1.90. The van der Waals surface area contributed by atoms with Gasteiger partial charge in [0.2, 0.25) is 0 Å². The van der Waals surface area contributed by atoms with Gasteiger partial charge in [-0.2, -0.15) is 0 Å². The predicted molar refractivity (Wildman–Crippen MR) is 82.9 cm³/mol. The largest absolute Gasteiger partial charge is 0.348 e. The minimum absolute atomic E-state index is 0.280. The zero-order valence-electron chi connectivity index (χ0n) is 11.7. The van der Waals surface area contributed by atoms with Gasteiger partial charge in [-0.15, -0.1) is 0 Å². The summed E-state index contributed by atoms with van der Waals surface area (Å²) in [6, 6.07) is 0.607. The van der Waals surface area contributed by atoms with E-state index in [1.165, 1.54) is 11.6 Å². The zero-order chi connectivity index (χ0) is 13.1. The van der Waals surface area contributed by atoms with E-state index < -0.39 is 0 Å². The van der Waals surface area contributed by atoms with Crippen LogP contribution in [0.3, 0.4) is 0 Å². The molecule has 3 atom stereocenters. The molecule has 0 aromatic carbocycles. The van der Waals surface area contributed by atoms with Crippen LogP contribution in [0.2, 0.25) is 0 Å². The first-order valence-corrected chi connectivity index (χ1v) is 8.89. The van der Waals surface area contributed by atoms with Crippen LogP contribution in [0.5, 0.6) is 0 Å². The first-order valence-electron chi connectivity index (χ1n) is 6.67. The molecular formula is C12H24N4S2. The van der Waals surface area contributed by atoms with Crippen molar-refractivity contribution in [2.24, 2.45) is 10.9 Å². The van der Waals surface area contributed by atoms with E-state index in [-0.39, 0.29) is 5.50 Å². The molecule has 104 valence electrons. The van der Waals surface area contributed by atoms with Crippen molar-refractivity contribution in [3.05, 3.63) is 0 Å². The van der Waals surface area contributed by atoms with Gasteiger partial charge in [0.05, 0.1) is 0 Å². The van der Waals surface area contributed by atoms with Crippen LogP contribution in [0.1, 0.15) is 20.3 Å². The molecule has 2 rings (SSSR count). The molecule has 2 aliphatic heterocycles. The molecule has 0 saturated carbocycles. The molecule has 18 heavy (non-hydrogen) atoms. The molecule has 0 bridgehead atoms. The second-order valence-corrected chi connectivity index (χ2v) is 7.50. The Bertz CT molecular complexity index is 308. The maximum Gasteiger partial charge on any atom is 0.172 e. The highest BCUT2D eigenvalue weighted by atomic mass is 33.1. The van der Waals surface area contributed by atoms with Crippen LogP contribution >= 0.6 is 21.6 Å². The van der Waals surface area contributed by atoms with Crippen LogP contribution in [0, 0.1) is 5.92 Å². The van der Waals surface area contributed by atoms with Gasteiger partial charge in [0, 0.05) is 25.7 Å². The Morgan fingerprint density at radius 2 is 2.33 bits per heavy atom. The minimum Gasteiger partial charge on any atom is -0.348 e. The topological polar surface area (TPSA) is 30.9 Å². The summed E-state index contributed by atoms with van der Waals surface area (Å²) in [5.74, 6) is 0.733. The molecule has 1 saturated heterocycles. The molecule has 0 radical (unpaired) electrons. The fraction of sp³-hybridized carbons (Fsp3) is 0.917. The molecule has 0 amide bonds. The van der Waals surface area contributed by atoms with Gasteiger partial charge in [0.25, 0.3) is 0 Å². The maximum atomic E-state index is 4.80. The Balaban J connectivity index is 1.95. The summed E-state index contributed by atoms with van der Waals surface area (Å²) in [5, 5.41) is 4.85. The van der Waals surface area contributed by atoms with Gasteiger partial charge in [0.1, 0.15) is 0 Å². The van der Waals surface area contributed by atoms with Gasteiger partial charge in [-0.1, -0.05) is 20.3 Å². The summed E-state index contributed by atoms with van der Waals surface area (Å²) in [6.07, 6.45) is 1.24. The molecule has 1 N–H and O–H groups in total. The van der Waals surface area contributed by atoms with E-state index in [4.69, 9.17) is 4.99 Å². The molecule has 2 heterocycles. The van der Waals surface area contributed by atoms with Crippen molar-refractivity contribution in [1.29, 1.82) is 0 Å². The van der Waals surface area contributed by atoms with E-state index in [1.54, 1.807) is 0 Å². The summed E-state index contributed by atoms with van der Waals surface area (Å²) < 4.78 is 0. The molecule has 0 aliphatic carbocycles. The van der Waals surface area contributed by atoms with Crippen molar-refractivity contribution < 1.29 is 0 Å². The highest BCUT2D eigenvalue weighted by Gasteiger charge is 2.29. The van der Waals surface area contributed by atoms with E-state index >= 15 is 0 Å². The Morgan fingerprint density at radius 1 is 1.56 bits per heavy atom. The van der Waals surface area contributed by atoms with Crippen LogP contribution < -0.4 is 5.32 Å². The van der Waals surface area contributed by atoms with Crippen LogP contribution in [-0.2, 0) is 0 Å². The highest BCUT2D eigenvalue weighted by Crippen LogP contribution is 2.38. The van der Waals surface area contributed by atoms with E-state index in [2.05, 4.69) is 43.1 Å². The second-order valence-electron chi connectivity index (χ2n) is 5.27. The lowest BCUT2D eigenvalue weighted by atomic mass is 9.97. The molecule has 0 aromatic rings. The molecule has 2 aliphatic rings. The van der Waals surface area contributed by atoms with Crippen LogP contribution in [0.15, 0.2) is 4.99 Å². The standard InChI is InChI=1S/C12H24N4S2/c1-5-9(2)10-8-16(7-6-13-10)12-14-11(15(3)4)17-18-12/h9-11,13H,5-8H2,1-4H3. The number of nitrogens with one attached hydrogen (secondary N) is 1. The van der Waals surface area contributed by atoms with Crippen molar-refractivity contribution in [2.45, 2.75) is 31.8 Å². The fourth-order valence-corrected chi connectivity index (χ4v) is 4.75. The summed E-state index contributed by atoms with van der Waals surface area (Å²) in [4.78, 5) is 9.42. The third kappa shape index (κ3) is 3.35. The summed E-state index contributed by atoms with van der Waals surface area (Å²) in [7, 11) is 7.85. The van der Waals surface area contributed by atoms with Crippen molar-refractivity contribution >= 4 is 26.8 Å².